The van der Waals surface area contributed by atoms with Crippen LogP contribution in [0.3, 0.4) is 0 Å². The van der Waals surface area contributed by atoms with E-state index in [1.54, 1.807) is 0 Å². The van der Waals surface area contributed by atoms with Crippen LogP contribution in [0.25, 0.3) is 43.1 Å². The van der Waals surface area contributed by atoms with Gasteiger partial charge in [0.1, 0.15) is 0 Å². The summed E-state index contributed by atoms with van der Waals surface area (Å²) in [5.41, 5.74) is 0. The van der Waals surface area contributed by atoms with Crippen LogP contribution in [0.4, 0.5) is 0 Å². The molecule has 0 unspecified atom stereocenters. The predicted octanol–water partition coefficient (Wildman–Crippen LogP) is 7.82. The highest BCUT2D eigenvalue weighted by atomic mass is 79.9. The van der Waals surface area contributed by atoms with Crippen LogP contribution in [0.15, 0.2) is 81.7 Å². The third-order valence-electron chi connectivity index (χ3n) is 4.68. The highest BCUT2D eigenvalue weighted by molar-refractivity contribution is 9.13. The second kappa shape index (κ2) is 5.30. The lowest BCUT2D eigenvalue weighted by atomic mass is 9.97. The Morgan fingerprint density at radius 2 is 0.958 bits per heavy atom. The molecule has 24 heavy (non-hydrogen) atoms. The highest BCUT2D eigenvalue weighted by Crippen LogP contribution is 2.35. The molecular weight excluding hydrogens is 424 g/mol. The van der Waals surface area contributed by atoms with E-state index in [2.05, 4.69) is 105 Å². The minimum atomic E-state index is 1.08. The van der Waals surface area contributed by atoms with Crippen LogP contribution < -0.4 is 0 Å². The summed E-state index contributed by atoms with van der Waals surface area (Å²) >= 11 is 7.30. The molecule has 5 aromatic carbocycles. The van der Waals surface area contributed by atoms with Gasteiger partial charge in [-0.15, -0.1) is 0 Å². The fourth-order valence-electron chi connectivity index (χ4n) is 3.45. The molecule has 0 fully saturated rings. The topological polar surface area (TPSA) is 0 Å². The van der Waals surface area contributed by atoms with Gasteiger partial charge in [-0.3, -0.25) is 0 Å². The predicted molar refractivity (Wildman–Crippen MR) is 112 cm³/mol. The molecule has 5 rings (SSSR count). The molecule has 0 saturated heterocycles. The zero-order valence-electron chi connectivity index (χ0n) is 12.7. The molecule has 0 atom stereocenters. The van der Waals surface area contributed by atoms with Crippen LogP contribution in [0.5, 0.6) is 0 Å². The van der Waals surface area contributed by atoms with Gasteiger partial charge in [-0.25, -0.2) is 0 Å². The Labute approximate surface area is 156 Å². The van der Waals surface area contributed by atoms with Crippen LogP contribution in [0, 0.1) is 0 Å². The summed E-state index contributed by atoms with van der Waals surface area (Å²) < 4.78 is 2.20. The lowest BCUT2D eigenvalue weighted by Gasteiger charge is -2.08. The molecule has 0 heterocycles. The molecule has 0 spiro atoms. The number of rotatable bonds is 0. The first kappa shape index (κ1) is 14.4. The van der Waals surface area contributed by atoms with Gasteiger partial charge in [-0.2, -0.15) is 0 Å². The first-order valence-corrected chi connectivity index (χ1v) is 9.42. The third kappa shape index (κ3) is 2.17. The van der Waals surface area contributed by atoms with Crippen molar-refractivity contribution in [3.8, 4) is 0 Å². The molecule has 2 heteroatoms. The van der Waals surface area contributed by atoms with Gasteiger partial charge in [0.05, 0.1) is 0 Å². The Hall–Kier alpha value is -1.90. The Balaban J connectivity index is 1.91. The van der Waals surface area contributed by atoms with Gasteiger partial charge in [0.25, 0.3) is 0 Å². The molecule has 0 bridgehead atoms. The van der Waals surface area contributed by atoms with E-state index in [9.17, 15) is 0 Å². The fraction of sp³-hybridized carbons (Fsp3) is 0. The minimum absolute atomic E-state index is 1.08. The normalized spacial score (nSPS) is 11.8. The molecule has 0 aliphatic carbocycles. The lowest BCUT2D eigenvalue weighted by Crippen LogP contribution is -1.82. The van der Waals surface area contributed by atoms with E-state index >= 15 is 0 Å². The Kier molecular flexibility index (Phi) is 3.19. The quantitative estimate of drug-likeness (QED) is 0.217. The van der Waals surface area contributed by atoms with Gasteiger partial charge >= 0.3 is 0 Å². The summed E-state index contributed by atoms with van der Waals surface area (Å²) in [4.78, 5) is 0. The van der Waals surface area contributed by atoms with E-state index in [-0.39, 0.29) is 0 Å². The smallest absolute Gasteiger partial charge is 0.0396 e. The van der Waals surface area contributed by atoms with Crippen LogP contribution in [0.2, 0.25) is 0 Å². The summed E-state index contributed by atoms with van der Waals surface area (Å²) in [7, 11) is 0. The van der Waals surface area contributed by atoms with Gasteiger partial charge in [0, 0.05) is 8.95 Å². The first-order valence-electron chi connectivity index (χ1n) is 7.83. The Morgan fingerprint density at radius 3 is 1.58 bits per heavy atom. The number of hydrogen-bond acceptors (Lipinski definition) is 0. The van der Waals surface area contributed by atoms with Crippen molar-refractivity contribution >= 4 is 74.9 Å². The van der Waals surface area contributed by atoms with Crippen molar-refractivity contribution in [1.29, 1.82) is 0 Å². The fourth-order valence-corrected chi connectivity index (χ4v) is 4.28. The monoisotopic (exact) mass is 434 g/mol. The standard InChI is InChI=1S/C22H12Br2/c23-21-6-5-15-9-18-10-16-7-13-3-1-2-4-14(13)8-17(16)11-19(18)12-20(15)22(21)24/h1-12H. The zero-order valence-corrected chi connectivity index (χ0v) is 15.9. The lowest BCUT2D eigenvalue weighted by molar-refractivity contribution is 1.67. The van der Waals surface area contributed by atoms with Crippen LogP contribution >= 0.6 is 31.9 Å². The number of hydrogen-bond donors (Lipinski definition) is 0. The maximum Gasteiger partial charge on any atom is 0.0396 e. The van der Waals surface area contributed by atoms with E-state index < -0.39 is 0 Å². The first-order chi connectivity index (χ1) is 11.7. The zero-order chi connectivity index (χ0) is 16.3. The van der Waals surface area contributed by atoms with Crippen molar-refractivity contribution in [2.24, 2.45) is 0 Å². The molecule has 0 aromatic heterocycles. The molecule has 0 saturated carbocycles. The average Bonchev–Trinajstić information content (AvgIpc) is 2.60. The minimum Gasteiger partial charge on any atom is -0.0616 e. The van der Waals surface area contributed by atoms with E-state index in [0.717, 1.165) is 8.95 Å². The van der Waals surface area contributed by atoms with Gasteiger partial charge in [0.2, 0.25) is 0 Å². The van der Waals surface area contributed by atoms with Crippen LogP contribution in [-0.4, -0.2) is 0 Å². The molecule has 0 aliphatic heterocycles. The van der Waals surface area contributed by atoms with Crippen molar-refractivity contribution in [1.82, 2.24) is 0 Å². The summed E-state index contributed by atoms with van der Waals surface area (Å²) in [6.45, 7) is 0. The van der Waals surface area contributed by atoms with E-state index in [4.69, 9.17) is 0 Å². The summed E-state index contributed by atoms with van der Waals surface area (Å²) in [6.07, 6.45) is 0. The Morgan fingerprint density at radius 1 is 0.458 bits per heavy atom. The molecule has 114 valence electrons. The van der Waals surface area contributed by atoms with Crippen molar-refractivity contribution in [2.45, 2.75) is 0 Å². The van der Waals surface area contributed by atoms with Gasteiger partial charge in [-0.1, -0.05) is 30.3 Å². The summed E-state index contributed by atoms with van der Waals surface area (Å²) in [5.74, 6) is 0. The molecule has 0 amide bonds. The van der Waals surface area contributed by atoms with Crippen molar-refractivity contribution in [2.75, 3.05) is 0 Å². The van der Waals surface area contributed by atoms with Crippen LogP contribution in [-0.2, 0) is 0 Å². The summed E-state index contributed by atoms with van der Waals surface area (Å²) in [6, 6.07) is 26.5. The maximum absolute atomic E-state index is 3.70. The molecule has 0 aliphatic rings. The maximum atomic E-state index is 3.70. The molecule has 0 nitrogen and oxygen atoms in total. The highest BCUT2D eigenvalue weighted by Gasteiger charge is 2.07. The van der Waals surface area contributed by atoms with Gasteiger partial charge in [0.15, 0.2) is 0 Å². The Bertz CT molecular complexity index is 1270. The number of benzene rings is 5. The second-order valence-corrected chi connectivity index (χ2v) is 7.83. The van der Waals surface area contributed by atoms with E-state index in [0.29, 0.717) is 0 Å². The largest absolute Gasteiger partial charge is 0.0616 e. The average molecular weight is 436 g/mol. The molecule has 5 aromatic rings. The van der Waals surface area contributed by atoms with Crippen molar-refractivity contribution in [3.63, 3.8) is 0 Å². The van der Waals surface area contributed by atoms with E-state index in [1.165, 1.54) is 43.1 Å². The SMILES string of the molecule is Brc1ccc2cc3cc4cc5ccccc5cc4cc3cc2c1Br. The van der Waals surface area contributed by atoms with E-state index in [1.807, 2.05) is 0 Å². The number of fused-ring (bicyclic) bond motifs is 4. The molecule has 0 radical (unpaired) electrons. The third-order valence-corrected chi connectivity index (χ3v) is 6.73. The second-order valence-electron chi connectivity index (χ2n) is 6.18. The van der Waals surface area contributed by atoms with Gasteiger partial charge in [-0.05, 0) is 117 Å². The van der Waals surface area contributed by atoms with Gasteiger partial charge < -0.3 is 0 Å². The summed E-state index contributed by atoms with van der Waals surface area (Å²) in [5, 5.41) is 10.2. The van der Waals surface area contributed by atoms with Crippen molar-refractivity contribution in [3.05, 3.63) is 81.7 Å². The molecular formula is C22H12Br2. The molecule has 0 N–H and O–H groups in total. The number of halogens is 2. The van der Waals surface area contributed by atoms with Crippen molar-refractivity contribution < 1.29 is 0 Å². The van der Waals surface area contributed by atoms with Crippen LogP contribution in [0.1, 0.15) is 0 Å².